The van der Waals surface area contributed by atoms with Gasteiger partial charge in [0.05, 0.1) is 11.9 Å². The van der Waals surface area contributed by atoms with Crippen LogP contribution in [0.25, 0.3) is 11.3 Å². The Balaban J connectivity index is 1.37. The number of amides is 1. The fourth-order valence-corrected chi connectivity index (χ4v) is 3.33. The molecule has 0 fully saturated rings. The van der Waals surface area contributed by atoms with Gasteiger partial charge in [0, 0.05) is 30.8 Å². The highest BCUT2D eigenvalue weighted by Gasteiger charge is 2.15. The average molecular weight is 409 g/mol. The second-order valence-corrected chi connectivity index (χ2v) is 6.89. The number of para-hydroxylation sites is 2. The van der Waals surface area contributed by atoms with Gasteiger partial charge in [0.1, 0.15) is 11.4 Å². The van der Waals surface area contributed by atoms with Crippen LogP contribution in [0.4, 0.5) is 11.5 Å². The molecule has 0 spiro atoms. The number of aromatic nitrogens is 5. The van der Waals surface area contributed by atoms with Crippen LogP contribution in [0.3, 0.4) is 0 Å². The summed E-state index contributed by atoms with van der Waals surface area (Å²) in [6.45, 7) is 0.554. The number of nitrogens with zero attached hydrogens (tertiary/aromatic N) is 5. The molecule has 2 aromatic carbocycles. The van der Waals surface area contributed by atoms with E-state index < -0.39 is 0 Å². The van der Waals surface area contributed by atoms with Crippen LogP contribution in [-0.4, -0.2) is 30.3 Å². The lowest BCUT2D eigenvalue weighted by molar-refractivity contribution is 0.102. The van der Waals surface area contributed by atoms with Crippen LogP contribution in [0, 0.1) is 0 Å². The van der Waals surface area contributed by atoms with Crippen LogP contribution in [0.5, 0.6) is 0 Å². The summed E-state index contributed by atoms with van der Waals surface area (Å²) in [6, 6.07) is 21.1. The normalized spacial score (nSPS) is 10.8. The number of carbonyl (C=O) groups is 1. The maximum atomic E-state index is 12.7. The third-order valence-corrected chi connectivity index (χ3v) is 4.85. The molecule has 31 heavy (non-hydrogen) atoms. The molecule has 8 heteroatoms. The summed E-state index contributed by atoms with van der Waals surface area (Å²) in [5, 5.41) is 14.8. The van der Waals surface area contributed by atoms with E-state index >= 15 is 0 Å². The van der Waals surface area contributed by atoms with Crippen molar-refractivity contribution in [1.82, 2.24) is 24.4 Å². The summed E-state index contributed by atoms with van der Waals surface area (Å²) < 4.78 is 3.42. The van der Waals surface area contributed by atoms with Crippen LogP contribution in [-0.2, 0) is 6.54 Å². The van der Waals surface area contributed by atoms with Gasteiger partial charge in [-0.05, 0) is 35.9 Å². The van der Waals surface area contributed by atoms with Gasteiger partial charge < -0.3 is 10.6 Å². The quantitative estimate of drug-likeness (QED) is 0.446. The summed E-state index contributed by atoms with van der Waals surface area (Å²) in [5.41, 5.74) is 3.68. The van der Waals surface area contributed by atoms with Crippen molar-refractivity contribution in [3.05, 3.63) is 103 Å². The number of carbonyl (C=O) groups excluding carboxylic acids is 1. The molecule has 0 unspecified atom stereocenters. The van der Waals surface area contributed by atoms with Gasteiger partial charge in [0.15, 0.2) is 5.65 Å². The van der Waals surface area contributed by atoms with Gasteiger partial charge in [-0.3, -0.25) is 4.79 Å². The summed E-state index contributed by atoms with van der Waals surface area (Å²) in [7, 11) is 0. The molecule has 0 saturated heterocycles. The van der Waals surface area contributed by atoms with E-state index in [2.05, 4.69) is 25.8 Å². The first-order valence-corrected chi connectivity index (χ1v) is 9.80. The second kappa shape index (κ2) is 8.11. The fourth-order valence-electron chi connectivity index (χ4n) is 3.33. The highest BCUT2D eigenvalue weighted by Crippen LogP contribution is 2.17. The number of benzene rings is 2. The molecule has 1 amide bonds. The van der Waals surface area contributed by atoms with Crippen molar-refractivity contribution in [2.75, 3.05) is 10.6 Å². The average Bonchev–Trinajstić information content (AvgIpc) is 3.48. The van der Waals surface area contributed by atoms with Crippen molar-refractivity contribution in [2.24, 2.45) is 0 Å². The maximum absolute atomic E-state index is 12.7. The zero-order valence-electron chi connectivity index (χ0n) is 16.5. The van der Waals surface area contributed by atoms with E-state index in [0.717, 1.165) is 16.9 Å². The Morgan fingerprint density at radius 3 is 2.58 bits per heavy atom. The van der Waals surface area contributed by atoms with Gasteiger partial charge in [0.2, 0.25) is 0 Å². The molecule has 0 atom stereocenters. The van der Waals surface area contributed by atoms with Gasteiger partial charge in [0.25, 0.3) is 5.91 Å². The Morgan fingerprint density at radius 1 is 0.903 bits per heavy atom. The first-order valence-electron chi connectivity index (χ1n) is 9.80. The van der Waals surface area contributed by atoms with Crippen molar-refractivity contribution in [2.45, 2.75) is 6.54 Å². The third-order valence-electron chi connectivity index (χ3n) is 4.85. The fraction of sp³-hybridized carbons (Fsp3) is 0.0435. The Bertz CT molecular complexity index is 1330. The lowest BCUT2D eigenvalue weighted by atomic mass is 10.2. The molecule has 0 bridgehead atoms. The lowest BCUT2D eigenvalue weighted by Crippen LogP contribution is -2.12. The van der Waals surface area contributed by atoms with E-state index in [-0.39, 0.29) is 5.91 Å². The van der Waals surface area contributed by atoms with Crippen molar-refractivity contribution in [1.29, 1.82) is 0 Å². The van der Waals surface area contributed by atoms with Gasteiger partial charge in [-0.15, -0.1) is 0 Å². The van der Waals surface area contributed by atoms with E-state index in [1.807, 2.05) is 77.6 Å². The summed E-state index contributed by atoms with van der Waals surface area (Å²) in [6.07, 6.45) is 6.97. The van der Waals surface area contributed by atoms with E-state index in [9.17, 15) is 4.79 Å². The summed E-state index contributed by atoms with van der Waals surface area (Å²) in [5.74, 6) is 0.395. The molecule has 5 rings (SSSR count). The van der Waals surface area contributed by atoms with Crippen LogP contribution in [0.2, 0.25) is 0 Å². The SMILES string of the molecule is O=C(Nc1ccccc1)c1cnn2ccc(NCc3ccccc3-n3cccn3)nc12. The number of anilines is 2. The monoisotopic (exact) mass is 409 g/mol. The summed E-state index contributed by atoms with van der Waals surface area (Å²) in [4.78, 5) is 17.3. The Labute approximate surface area is 178 Å². The van der Waals surface area contributed by atoms with Crippen LogP contribution < -0.4 is 10.6 Å². The van der Waals surface area contributed by atoms with Crippen molar-refractivity contribution in [3.8, 4) is 5.69 Å². The molecule has 3 heterocycles. The third kappa shape index (κ3) is 3.86. The minimum Gasteiger partial charge on any atom is -0.366 e. The summed E-state index contributed by atoms with van der Waals surface area (Å²) >= 11 is 0. The Hall–Kier alpha value is -4.46. The highest BCUT2D eigenvalue weighted by atomic mass is 16.1. The van der Waals surface area contributed by atoms with Crippen molar-refractivity contribution in [3.63, 3.8) is 0 Å². The standard InChI is InChI=1S/C23H19N7O/c31-23(27-18-8-2-1-3-9-18)19-16-26-30-14-11-21(28-22(19)30)24-15-17-7-4-5-10-20(17)29-13-6-12-25-29/h1-14,16H,15H2,(H,24,28)(H,27,31). The lowest BCUT2D eigenvalue weighted by Gasteiger charge is -2.11. The molecular formula is C23H19N7O. The molecule has 2 N–H and O–H groups in total. The number of nitrogens with one attached hydrogen (secondary N) is 2. The molecule has 5 aromatic rings. The maximum Gasteiger partial charge on any atom is 0.261 e. The predicted molar refractivity (Wildman–Crippen MR) is 118 cm³/mol. The van der Waals surface area contributed by atoms with E-state index in [4.69, 9.17) is 0 Å². The van der Waals surface area contributed by atoms with Crippen molar-refractivity contribution >= 4 is 23.1 Å². The topological polar surface area (TPSA) is 89.1 Å². The number of fused-ring (bicyclic) bond motifs is 1. The molecule has 0 aliphatic carbocycles. The number of rotatable bonds is 6. The molecule has 8 nitrogen and oxygen atoms in total. The first-order chi connectivity index (χ1) is 15.3. The number of hydrogen-bond acceptors (Lipinski definition) is 5. The Kier molecular flexibility index (Phi) is 4.86. The molecule has 0 saturated carbocycles. The smallest absolute Gasteiger partial charge is 0.261 e. The van der Waals surface area contributed by atoms with Gasteiger partial charge in [-0.1, -0.05) is 36.4 Å². The zero-order chi connectivity index (χ0) is 21.0. The molecule has 3 aromatic heterocycles. The van der Waals surface area contributed by atoms with Crippen LogP contribution in [0.15, 0.2) is 91.5 Å². The minimum absolute atomic E-state index is 0.255. The molecule has 152 valence electrons. The molecule has 0 aliphatic heterocycles. The zero-order valence-corrected chi connectivity index (χ0v) is 16.5. The van der Waals surface area contributed by atoms with E-state index in [0.29, 0.717) is 23.6 Å². The van der Waals surface area contributed by atoms with Gasteiger partial charge in [-0.25, -0.2) is 14.2 Å². The molecular weight excluding hydrogens is 390 g/mol. The van der Waals surface area contributed by atoms with E-state index in [1.165, 1.54) is 6.20 Å². The van der Waals surface area contributed by atoms with E-state index in [1.54, 1.807) is 16.9 Å². The van der Waals surface area contributed by atoms with Crippen molar-refractivity contribution < 1.29 is 4.79 Å². The second-order valence-electron chi connectivity index (χ2n) is 6.89. The van der Waals surface area contributed by atoms with Gasteiger partial charge >= 0.3 is 0 Å². The van der Waals surface area contributed by atoms with Gasteiger partial charge in [-0.2, -0.15) is 10.2 Å². The number of hydrogen-bond donors (Lipinski definition) is 2. The predicted octanol–water partition coefficient (Wildman–Crippen LogP) is 3.78. The Morgan fingerprint density at radius 2 is 1.74 bits per heavy atom. The van der Waals surface area contributed by atoms with Crippen LogP contribution in [0.1, 0.15) is 15.9 Å². The largest absolute Gasteiger partial charge is 0.366 e. The van der Waals surface area contributed by atoms with Crippen LogP contribution >= 0.6 is 0 Å². The highest BCUT2D eigenvalue weighted by molar-refractivity contribution is 6.08. The molecule has 0 radical (unpaired) electrons. The first kappa shape index (κ1) is 18.6. The molecule has 0 aliphatic rings. The minimum atomic E-state index is -0.255.